The number of hydrogen-bond acceptors (Lipinski definition) is 1. The van der Waals surface area contributed by atoms with Gasteiger partial charge in [-0.25, -0.2) is 0 Å². The van der Waals surface area contributed by atoms with E-state index in [4.69, 9.17) is 4.99 Å². The van der Waals surface area contributed by atoms with Gasteiger partial charge in [-0.15, -0.1) is 0 Å². The molecule has 0 aliphatic heterocycles. The van der Waals surface area contributed by atoms with Crippen molar-refractivity contribution < 1.29 is 0 Å². The van der Waals surface area contributed by atoms with Crippen LogP contribution in [0.25, 0.3) is 0 Å². The summed E-state index contributed by atoms with van der Waals surface area (Å²) in [6, 6.07) is 0. The van der Waals surface area contributed by atoms with Gasteiger partial charge in [-0.1, -0.05) is 40.5 Å². The Hall–Kier alpha value is -0.330. The maximum atomic E-state index is 4.75. The SMILES string of the molecule is CCCC(CCC)CN=C(C)CCC(C)C. The summed E-state index contributed by atoms with van der Waals surface area (Å²) in [5.41, 5.74) is 1.35. The normalized spacial score (nSPS) is 12.8. The van der Waals surface area contributed by atoms with Gasteiger partial charge < -0.3 is 0 Å². The van der Waals surface area contributed by atoms with E-state index >= 15 is 0 Å². The van der Waals surface area contributed by atoms with Crippen LogP contribution in [0.1, 0.15) is 73.1 Å². The highest BCUT2D eigenvalue weighted by molar-refractivity contribution is 5.81. The van der Waals surface area contributed by atoms with E-state index in [2.05, 4.69) is 34.6 Å². The number of rotatable bonds is 9. The third-order valence-electron chi connectivity index (χ3n) is 3.10. The van der Waals surface area contributed by atoms with Crippen LogP contribution in [0.15, 0.2) is 4.99 Å². The molecule has 0 radical (unpaired) electrons. The van der Waals surface area contributed by atoms with Crippen LogP contribution in [0.2, 0.25) is 0 Å². The quantitative estimate of drug-likeness (QED) is 0.484. The Morgan fingerprint density at radius 2 is 1.56 bits per heavy atom. The van der Waals surface area contributed by atoms with Gasteiger partial charge in [0.2, 0.25) is 0 Å². The molecule has 0 aromatic carbocycles. The molecule has 0 heterocycles. The van der Waals surface area contributed by atoms with E-state index < -0.39 is 0 Å². The average molecular weight is 225 g/mol. The highest BCUT2D eigenvalue weighted by atomic mass is 14.7. The van der Waals surface area contributed by atoms with Crippen LogP contribution in [0.4, 0.5) is 0 Å². The fourth-order valence-corrected chi connectivity index (χ4v) is 2.00. The zero-order valence-electron chi connectivity index (χ0n) is 12.1. The first kappa shape index (κ1) is 15.7. The minimum atomic E-state index is 0.798. The van der Waals surface area contributed by atoms with Crippen molar-refractivity contribution in [2.24, 2.45) is 16.8 Å². The summed E-state index contributed by atoms with van der Waals surface area (Å²) in [6.45, 7) is 12.4. The Bertz CT molecular complexity index is 176. The minimum Gasteiger partial charge on any atom is -0.294 e. The van der Waals surface area contributed by atoms with E-state index in [1.54, 1.807) is 0 Å². The lowest BCUT2D eigenvalue weighted by atomic mass is 9.98. The topological polar surface area (TPSA) is 12.4 Å². The molecule has 1 nitrogen and oxygen atoms in total. The third kappa shape index (κ3) is 8.94. The Morgan fingerprint density at radius 3 is 2.00 bits per heavy atom. The predicted octanol–water partition coefficient (Wildman–Crippen LogP) is 5.10. The summed E-state index contributed by atoms with van der Waals surface area (Å²) in [5.74, 6) is 1.62. The maximum Gasteiger partial charge on any atom is 0.0416 e. The average Bonchev–Trinajstić information content (AvgIpc) is 2.23. The summed E-state index contributed by atoms with van der Waals surface area (Å²) >= 11 is 0. The first-order valence-corrected chi connectivity index (χ1v) is 7.10. The van der Waals surface area contributed by atoms with Crippen molar-refractivity contribution in [3.05, 3.63) is 0 Å². The molecular weight excluding hydrogens is 194 g/mol. The Kier molecular flexibility index (Phi) is 9.66. The van der Waals surface area contributed by atoms with E-state index in [1.165, 1.54) is 44.2 Å². The zero-order chi connectivity index (χ0) is 12.4. The standard InChI is InChI=1S/C15H31N/c1-6-8-15(9-7-2)12-16-14(5)11-10-13(3)4/h13,15H,6-12H2,1-5H3. The Labute approximate surface area is 103 Å². The summed E-state index contributed by atoms with van der Waals surface area (Å²) in [5, 5.41) is 0. The van der Waals surface area contributed by atoms with Crippen LogP contribution in [0.5, 0.6) is 0 Å². The van der Waals surface area contributed by atoms with E-state index in [0.29, 0.717) is 0 Å². The second kappa shape index (κ2) is 9.86. The predicted molar refractivity (Wildman–Crippen MR) is 75.4 cm³/mol. The molecule has 0 saturated carbocycles. The fourth-order valence-electron chi connectivity index (χ4n) is 2.00. The third-order valence-corrected chi connectivity index (χ3v) is 3.10. The molecule has 0 amide bonds. The van der Waals surface area contributed by atoms with Gasteiger partial charge in [0.25, 0.3) is 0 Å². The molecule has 16 heavy (non-hydrogen) atoms. The molecular formula is C15H31N. The van der Waals surface area contributed by atoms with Crippen molar-refractivity contribution in [1.82, 2.24) is 0 Å². The number of hydrogen-bond donors (Lipinski definition) is 0. The van der Waals surface area contributed by atoms with Crippen molar-refractivity contribution in [2.45, 2.75) is 73.1 Å². The largest absolute Gasteiger partial charge is 0.294 e. The first-order valence-electron chi connectivity index (χ1n) is 7.10. The van der Waals surface area contributed by atoms with Crippen LogP contribution in [-0.4, -0.2) is 12.3 Å². The Morgan fingerprint density at radius 1 is 1.00 bits per heavy atom. The molecule has 0 rings (SSSR count). The Balaban J connectivity index is 3.89. The van der Waals surface area contributed by atoms with Gasteiger partial charge in [0, 0.05) is 12.3 Å². The number of aliphatic imine (C=N–C) groups is 1. The fraction of sp³-hybridized carbons (Fsp3) is 0.933. The van der Waals surface area contributed by atoms with E-state index in [-0.39, 0.29) is 0 Å². The molecule has 0 aromatic rings. The molecule has 0 N–H and O–H groups in total. The van der Waals surface area contributed by atoms with Crippen molar-refractivity contribution >= 4 is 5.71 Å². The van der Waals surface area contributed by atoms with E-state index in [9.17, 15) is 0 Å². The van der Waals surface area contributed by atoms with Crippen molar-refractivity contribution in [3.8, 4) is 0 Å². The van der Waals surface area contributed by atoms with Gasteiger partial charge in [-0.3, -0.25) is 4.99 Å². The number of nitrogens with zero attached hydrogens (tertiary/aromatic N) is 1. The summed E-state index contributed by atoms with van der Waals surface area (Å²) in [6.07, 6.45) is 7.74. The van der Waals surface area contributed by atoms with E-state index in [1.807, 2.05) is 0 Å². The molecule has 0 atom stereocenters. The van der Waals surface area contributed by atoms with E-state index in [0.717, 1.165) is 18.4 Å². The molecule has 0 aromatic heterocycles. The highest BCUT2D eigenvalue weighted by Gasteiger charge is 2.05. The van der Waals surface area contributed by atoms with Gasteiger partial charge in [0.05, 0.1) is 0 Å². The van der Waals surface area contributed by atoms with Crippen LogP contribution in [-0.2, 0) is 0 Å². The molecule has 0 fully saturated rings. The summed E-state index contributed by atoms with van der Waals surface area (Å²) < 4.78 is 0. The summed E-state index contributed by atoms with van der Waals surface area (Å²) in [7, 11) is 0. The second-order valence-corrected chi connectivity index (χ2v) is 5.45. The smallest absolute Gasteiger partial charge is 0.0416 e. The van der Waals surface area contributed by atoms with Gasteiger partial charge >= 0.3 is 0 Å². The highest BCUT2D eigenvalue weighted by Crippen LogP contribution is 2.14. The molecule has 0 aliphatic carbocycles. The van der Waals surface area contributed by atoms with Crippen LogP contribution in [0, 0.1) is 11.8 Å². The molecule has 0 aliphatic rings. The molecule has 1 heteroatoms. The van der Waals surface area contributed by atoms with Crippen LogP contribution in [0.3, 0.4) is 0 Å². The van der Waals surface area contributed by atoms with Gasteiger partial charge in [0.1, 0.15) is 0 Å². The summed E-state index contributed by atoms with van der Waals surface area (Å²) in [4.78, 5) is 4.75. The maximum absolute atomic E-state index is 4.75. The van der Waals surface area contributed by atoms with Crippen molar-refractivity contribution in [3.63, 3.8) is 0 Å². The molecule has 0 bridgehead atoms. The molecule has 0 saturated heterocycles. The molecule has 0 spiro atoms. The van der Waals surface area contributed by atoms with Crippen molar-refractivity contribution in [1.29, 1.82) is 0 Å². The van der Waals surface area contributed by atoms with Gasteiger partial charge in [0.15, 0.2) is 0 Å². The lowest BCUT2D eigenvalue weighted by Crippen LogP contribution is -2.06. The molecule has 96 valence electrons. The zero-order valence-corrected chi connectivity index (χ0v) is 12.1. The lowest BCUT2D eigenvalue weighted by molar-refractivity contribution is 0.451. The lowest BCUT2D eigenvalue weighted by Gasteiger charge is -2.13. The van der Waals surface area contributed by atoms with Crippen LogP contribution < -0.4 is 0 Å². The second-order valence-electron chi connectivity index (χ2n) is 5.45. The van der Waals surface area contributed by atoms with Gasteiger partial charge in [-0.05, 0) is 44.4 Å². The van der Waals surface area contributed by atoms with Crippen molar-refractivity contribution in [2.75, 3.05) is 6.54 Å². The van der Waals surface area contributed by atoms with Gasteiger partial charge in [-0.2, -0.15) is 0 Å². The van der Waals surface area contributed by atoms with Crippen LogP contribution >= 0.6 is 0 Å². The minimum absolute atomic E-state index is 0.798. The monoisotopic (exact) mass is 225 g/mol. The first-order chi connectivity index (χ1) is 7.60. The molecule has 0 unspecified atom stereocenters.